The van der Waals surface area contributed by atoms with Crippen molar-refractivity contribution in [1.29, 1.82) is 0 Å². The minimum absolute atomic E-state index is 0.791. The molecule has 0 aliphatic rings. The summed E-state index contributed by atoms with van der Waals surface area (Å²) < 4.78 is 4.76. The van der Waals surface area contributed by atoms with Crippen molar-refractivity contribution in [2.75, 3.05) is 0 Å². The topological polar surface area (TPSA) is 38.9 Å². The van der Waals surface area contributed by atoms with Gasteiger partial charge in [-0.15, -0.1) is 0 Å². The zero-order chi connectivity index (χ0) is 11.0. The summed E-state index contributed by atoms with van der Waals surface area (Å²) in [7, 11) is 0. The predicted octanol–water partition coefficient (Wildman–Crippen LogP) is 3.20. The first-order valence-electron chi connectivity index (χ1n) is 5.13. The highest BCUT2D eigenvalue weighted by atomic mass is 16.6. The number of aromatic nitrogens is 2. The van der Waals surface area contributed by atoms with Crippen LogP contribution in [0.1, 0.15) is 5.56 Å². The monoisotopic (exact) mass is 210 g/mol. The van der Waals surface area contributed by atoms with Gasteiger partial charge in [-0.05, 0) is 28.9 Å². The molecule has 1 aromatic heterocycles. The second-order valence-corrected chi connectivity index (χ2v) is 3.81. The zero-order valence-corrected chi connectivity index (χ0v) is 8.84. The molecule has 0 amide bonds. The van der Waals surface area contributed by atoms with E-state index in [-0.39, 0.29) is 0 Å². The van der Waals surface area contributed by atoms with Crippen LogP contribution in [-0.4, -0.2) is 10.3 Å². The molecule has 0 radical (unpaired) electrons. The van der Waals surface area contributed by atoms with Crippen molar-refractivity contribution in [3.63, 3.8) is 0 Å². The molecule has 78 valence electrons. The quantitative estimate of drug-likeness (QED) is 0.619. The molecule has 0 fully saturated rings. The van der Waals surface area contributed by atoms with Crippen LogP contribution in [0.2, 0.25) is 0 Å². The first-order valence-corrected chi connectivity index (χ1v) is 5.13. The standard InChI is InChI=1S/C13H10N2O/c1-9-4-2-5-10(8-9)11-6-3-7-12-13(11)15-16-14-12/h2-8H,1H3. The summed E-state index contributed by atoms with van der Waals surface area (Å²) in [6.07, 6.45) is 0. The van der Waals surface area contributed by atoms with E-state index in [9.17, 15) is 0 Å². The highest BCUT2D eigenvalue weighted by Crippen LogP contribution is 2.26. The van der Waals surface area contributed by atoms with Gasteiger partial charge in [-0.3, -0.25) is 0 Å². The minimum Gasteiger partial charge on any atom is -0.243 e. The van der Waals surface area contributed by atoms with E-state index in [0.717, 1.165) is 22.2 Å². The van der Waals surface area contributed by atoms with Crippen molar-refractivity contribution in [3.05, 3.63) is 48.0 Å². The number of aryl methyl sites for hydroxylation is 1. The van der Waals surface area contributed by atoms with Crippen LogP contribution in [0.5, 0.6) is 0 Å². The van der Waals surface area contributed by atoms with Crippen LogP contribution >= 0.6 is 0 Å². The molecule has 3 nitrogen and oxygen atoms in total. The van der Waals surface area contributed by atoms with E-state index in [0.29, 0.717) is 0 Å². The van der Waals surface area contributed by atoms with E-state index < -0.39 is 0 Å². The molecule has 0 saturated heterocycles. The van der Waals surface area contributed by atoms with Gasteiger partial charge in [0, 0.05) is 5.56 Å². The van der Waals surface area contributed by atoms with Gasteiger partial charge in [0.15, 0.2) is 0 Å². The van der Waals surface area contributed by atoms with Gasteiger partial charge in [-0.2, -0.15) is 0 Å². The Hall–Kier alpha value is -2.16. The third-order valence-electron chi connectivity index (χ3n) is 2.62. The van der Waals surface area contributed by atoms with Crippen LogP contribution in [0.25, 0.3) is 22.2 Å². The largest absolute Gasteiger partial charge is 0.243 e. The molecule has 0 unspecified atom stereocenters. The maximum Gasteiger partial charge on any atom is 0.143 e. The van der Waals surface area contributed by atoms with Crippen LogP contribution in [0.3, 0.4) is 0 Å². The van der Waals surface area contributed by atoms with Crippen LogP contribution in [0.4, 0.5) is 0 Å². The van der Waals surface area contributed by atoms with Gasteiger partial charge in [0.25, 0.3) is 0 Å². The van der Waals surface area contributed by atoms with Crippen LogP contribution in [-0.2, 0) is 0 Å². The molecule has 0 aliphatic carbocycles. The van der Waals surface area contributed by atoms with Crippen LogP contribution in [0, 0.1) is 6.92 Å². The average molecular weight is 210 g/mol. The van der Waals surface area contributed by atoms with E-state index >= 15 is 0 Å². The Labute approximate surface area is 92.7 Å². The Balaban J connectivity index is 2.29. The number of hydrogen-bond acceptors (Lipinski definition) is 3. The minimum atomic E-state index is 0.791. The number of nitrogens with zero attached hydrogens (tertiary/aromatic N) is 2. The molecule has 0 N–H and O–H groups in total. The Bertz CT molecular complexity index is 643. The highest BCUT2D eigenvalue weighted by Gasteiger charge is 2.07. The summed E-state index contributed by atoms with van der Waals surface area (Å²) in [5, 5.41) is 7.78. The molecule has 0 spiro atoms. The van der Waals surface area contributed by atoms with Crippen molar-refractivity contribution in [3.8, 4) is 11.1 Å². The number of rotatable bonds is 1. The van der Waals surface area contributed by atoms with Gasteiger partial charge in [0.1, 0.15) is 11.0 Å². The average Bonchev–Trinajstić information content (AvgIpc) is 2.76. The lowest BCUT2D eigenvalue weighted by molar-refractivity contribution is 0.315. The second-order valence-electron chi connectivity index (χ2n) is 3.81. The third kappa shape index (κ3) is 1.37. The first-order chi connectivity index (χ1) is 7.84. The van der Waals surface area contributed by atoms with Gasteiger partial charge in [0.05, 0.1) is 0 Å². The molecule has 3 heteroatoms. The number of hydrogen-bond donors (Lipinski definition) is 0. The Morgan fingerprint density at radius 3 is 2.75 bits per heavy atom. The summed E-state index contributed by atoms with van der Waals surface area (Å²) in [5.74, 6) is 0. The maximum absolute atomic E-state index is 4.76. The highest BCUT2D eigenvalue weighted by molar-refractivity contribution is 5.90. The van der Waals surface area contributed by atoms with Crippen molar-refractivity contribution in [1.82, 2.24) is 10.3 Å². The molecule has 0 aliphatic heterocycles. The Kier molecular flexibility index (Phi) is 1.96. The Morgan fingerprint density at radius 1 is 1.00 bits per heavy atom. The van der Waals surface area contributed by atoms with Crippen molar-refractivity contribution in [2.24, 2.45) is 0 Å². The Morgan fingerprint density at radius 2 is 1.88 bits per heavy atom. The van der Waals surface area contributed by atoms with E-state index in [2.05, 4.69) is 35.4 Å². The number of benzene rings is 2. The summed E-state index contributed by atoms with van der Waals surface area (Å²) in [4.78, 5) is 0. The summed E-state index contributed by atoms with van der Waals surface area (Å²) in [6.45, 7) is 2.07. The lowest BCUT2D eigenvalue weighted by Gasteiger charge is -2.02. The molecular formula is C13H10N2O. The fraction of sp³-hybridized carbons (Fsp3) is 0.0769. The molecule has 2 aromatic carbocycles. The zero-order valence-electron chi connectivity index (χ0n) is 8.84. The number of fused-ring (bicyclic) bond motifs is 1. The van der Waals surface area contributed by atoms with E-state index in [1.54, 1.807) is 0 Å². The lowest BCUT2D eigenvalue weighted by Crippen LogP contribution is -1.81. The summed E-state index contributed by atoms with van der Waals surface area (Å²) in [6, 6.07) is 14.2. The lowest BCUT2D eigenvalue weighted by atomic mass is 10.0. The van der Waals surface area contributed by atoms with Gasteiger partial charge >= 0.3 is 0 Å². The fourth-order valence-electron chi connectivity index (χ4n) is 1.85. The molecule has 1 heterocycles. The fourth-order valence-corrected chi connectivity index (χ4v) is 1.85. The molecular weight excluding hydrogens is 200 g/mol. The molecule has 16 heavy (non-hydrogen) atoms. The third-order valence-corrected chi connectivity index (χ3v) is 2.62. The van der Waals surface area contributed by atoms with Crippen molar-refractivity contribution < 1.29 is 4.63 Å². The SMILES string of the molecule is Cc1cccc(-c2cccc3nonc23)c1. The van der Waals surface area contributed by atoms with E-state index in [1.807, 2.05) is 24.3 Å². The molecule has 0 atom stereocenters. The molecule has 3 aromatic rings. The van der Waals surface area contributed by atoms with Crippen molar-refractivity contribution in [2.45, 2.75) is 6.92 Å². The molecule has 0 saturated carbocycles. The second kappa shape index (κ2) is 3.45. The van der Waals surface area contributed by atoms with Gasteiger partial charge in [-0.1, -0.05) is 42.0 Å². The maximum atomic E-state index is 4.76. The molecule has 0 bridgehead atoms. The van der Waals surface area contributed by atoms with E-state index in [4.69, 9.17) is 4.63 Å². The van der Waals surface area contributed by atoms with Gasteiger partial charge in [0.2, 0.25) is 0 Å². The predicted molar refractivity (Wildman–Crippen MR) is 62.0 cm³/mol. The molecule has 3 rings (SSSR count). The summed E-state index contributed by atoms with van der Waals surface area (Å²) >= 11 is 0. The summed E-state index contributed by atoms with van der Waals surface area (Å²) in [5.41, 5.74) is 5.03. The normalized spacial score (nSPS) is 10.8. The van der Waals surface area contributed by atoms with E-state index in [1.165, 1.54) is 5.56 Å². The van der Waals surface area contributed by atoms with Gasteiger partial charge in [-0.25, -0.2) is 4.63 Å². The van der Waals surface area contributed by atoms with Crippen LogP contribution in [0.15, 0.2) is 47.1 Å². The van der Waals surface area contributed by atoms with Crippen molar-refractivity contribution >= 4 is 11.0 Å². The van der Waals surface area contributed by atoms with Crippen LogP contribution < -0.4 is 0 Å². The smallest absolute Gasteiger partial charge is 0.143 e. The van der Waals surface area contributed by atoms with Gasteiger partial charge < -0.3 is 0 Å². The first kappa shape index (κ1) is 9.09.